The van der Waals surface area contributed by atoms with E-state index in [9.17, 15) is 0 Å². The molecule has 0 aliphatic carbocycles. The van der Waals surface area contributed by atoms with E-state index >= 15 is 0 Å². The molecule has 0 radical (unpaired) electrons. The number of anilines is 1. The number of alkyl halides is 1. The molecule has 1 aliphatic heterocycles. The molecule has 0 atom stereocenters. The quantitative estimate of drug-likeness (QED) is 0.757. The monoisotopic (exact) mass is 274 g/mol. The molecule has 3 rings (SSSR count). The van der Waals surface area contributed by atoms with Crippen molar-refractivity contribution in [3.63, 3.8) is 0 Å². The number of rotatable bonds is 2. The summed E-state index contributed by atoms with van der Waals surface area (Å²) in [5.41, 5.74) is 2.40. The van der Waals surface area contributed by atoms with Crippen LogP contribution in [-0.4, -0.2) is 17.1 Å². The van der Waals surface area contributed by atoms with E-state index in [-0.39, 0.29) is 5.54 Å². The van der Waals surface area contributed by atoms with Crippen molar-refractivity contribution < 1.29 is 0 Å². The lowest BCUT2D eigenvalue weighted by molar-refractivity contribution is 0.514. The second-order valence-corrected chi connectivity index (χ2v) is 6.13. The molecule has 19 heavy (non-hydrogen) atoms. The zero-order chi connectivity index (χ0) is 13.5. The number of nitrogens with zero attached hydrogens (tertiary/aromatic N) is 2. The molecule has 0 bridgehead atoms. The Morgan fingerprint density at radius 3 is 2.79 bits per heavy atom. The normalized spacial score (nSPS) is 18.2. The maximum Gasteiger partial charge on any atom is 0.130 e. The first-order chi connectivity index (χ1) is 9.12. The predicted octanol–water partition coefficient (Wildman–Crippen LogP) is 4.35. The maximum absolute atomic E-state index is 6.11. The van der Waals surface area contributed by atoms with E-state index in [0.717, 1.165) is 17.9 Å². The molecule has 100 valence electrons. The first-order valence-corrected chi connectivity index (χ1v) is 7.37. The Morgan fingerprint density at radius 1 is 1.32 bits per heavy atom. The Bertz CT molecular complexity index is 607. The van der Waals surface area contributed by atoms with Crippen LogP contribution in [0.25, 0.3) is 10.9 Å². The van der Waals surface area contributed by atoms with Gasteiger partial charge in [-0.3, -0.25) is 0 Å². The second-order valence-electron chi connectivity index (χ2n) is 5.86. The third-order valence-corrected chi connectivity index (χ3v) is 4.40. The number of aromatic nitrogens is 1. The van der Waals surface area contributed by atoms with Gasteiger partial charge >= 0.3 is 0 Å². The van der Waals surface area contributed by atoms with E-state index in [1.165, 1.54) is 23.8 Å². The molecule has 0 unspecified atom stereocenters. The third kappa shape index (κ3) is 2.18. The predicted molar refractivity (Wildman–Crippen MR) is 82.0 cm³/mol. The minimum Gasteiger partial charge on any atom is -0.351 e. The average molecular weight is 275 g/mol. The van der Waals surface area contributed by atoms with E-state index in [1.807, 2.05) is 12.1 Å². The summed E-state index contributed by atoms with van der Waals surface area (Å²) in [5, 5.41) is 1.17. The van der Waals surface area contributed by atoms with Crippen LogP contribution in [0.1, 0.15) is 32.3 Å². The first kappa shape index (κ1) is 12.7. The van der Waals surface area contributed by atoms with E-state index in [1.54, 1.807) is 0 Å². The Balaban J connectivity index is 2.15. The summed E-state index contributed by atoms with van der Waals surface area (Å²) in [5.74, 6) is 1.60. The summed E-state index contributed by atoms with van der Waals surface area (Å²) >= 11 is 6.11. The largest absolute Gasteiger partial charge is 0.351 e. The van der Waals surface area contributed by atoms with E-state index in [4.69, 9.17) is 16.6 Å². The minimum atomic E-state index is 0.193. The number of halogens is 1. The van der Waals surface area contributed by atoms with Gasteiger partial charge in [-0.15, -0.1) is 11.6 Å². The summed E-state index contributed by atoms with van der Waals surface area (Å²) in [6, 6.07) is 10.4. The molecular weight excluding hydrogens is 256 g/mol. The zero-order valence-corrected chi connectivity index (χ0v) is 12.2. The standard InChI is InChI=1S/C16H19ClN2/c1-16(2)8-5-9-19(16)15-10-12(11-17)13-6-3-4-7-14(13)18-15/h3-4,6-7,10H,5,8-9,11H2,1-2H3. The fourth-order valence-corrected chi connectivity index (χ4v) is 3.23. The second kappa shape index (κ2) is 4.68. The molecule has 0 amide bonds. The molecule has 1 aromatic carbocycles. The van der Waals surface area contributed by atoms with Crippen LogP contribution in [0.15, 0.2) is 30.3 Å². The van der Waals surface area contributed by atoms with Gasteiger partial charge in [0.1, 0.15) is 5.82 Å². The summed E-state index contributed by atoms with van der Waals surface area (Å²) in [7, 11) is 0. The topological polar surface area (TPSA) is 16.1 Å². The van der Waals surface area contributed by atoms with Gasteiger partial charge in [0.25, 0.3) is 0 Å². The van der Waals surface area contributed by atoms with Gasteiger partial charge in [-0.1, -0.05) is 18.2 Å². The Morgan fingerprint density at radius 2 is 2.11 bits per heavy atom. The van der Waals surface area contributed by atoms with E-state index in [0.29, 0.717) is 5.88 Å². The number of hydrogen-bond acceptors (Lipinski definition) is 2. The lowest BCUT2D eigenvalue weighted by atomic mass is 10.0. The molecule has 0 spiro atoms. The first-order valence-electron chi connectivity index (χ1n) is 6.84. The molecule has 1 aliphatic rings. The van der Waals surface area contributed by atoms with Gasteiger partial charge < -0.3 is 4.90 Å². The SMILES string of the molecule is CC1(C)CCCN1c1cc(CCl)c2ccccc2n1. The van der Waals surface area contributed by atoms with Crippen molar-refractivity contribution in [2.75, 3.05) is 11.4 Å². The van der Waals surface area contributed by atoms with Crippen molar-refractivity contribution in [1.29, 1.82) is 0 Å². The van der Waals surface area contributed by atoms with Crippen LogP contribution < -0.4 is 4.90 Å². The highest BCUT2D eigenvalue weighted by atomic mass is 35.5. The highest BCUT2D eigenvalue weighted by molar-refractivity contribution is 6.18. The number of benzene rings is 1. The van der Waals surface area contributed by atoms with Crippen molar-refractivity contribution in [3.05, 3.63) is 35.9 Å². The van der Waals surface area contributed by atoms with Crippen LogP contribution in [-0.2, 0) is 5.88 Å². The summed E-state index contributed by atoms with van der Waals surface area (Å²) in [6.45, 7) is 5.66. The molecule has 3 heteroatoms. The third-order valence-electron chi connectivity index (χ3n) is 4.11. The molecule has 1 saturated heterocycles. The molecule has 0 saturated carbocycles. The van der Waals surface area contributed by atoms with Crippen molar-refractivity contribution in [1.82, 2.24) is 4.98 Å². The lowest BCUT2D eigenvalue weighted by Crippen LogP contribution is -2.38. The smallest absolute Gasteiger partial charge is 0.130 e. The molecule has 2 aromatic rings. The van der Waals surface area contributed by atoms with Crippen LogP contribution in [0, 0.1) is 0 Å². The molecule has 1 aromatic heterocycles. The van der Waals surface area contributed by atoms with Crippen LogP contribution in [0.3, 0.4) is 0 Å². The minimum absolute atomic E-state index is 0.193. The van der Waals surface area contributed by atoms with Gasteiger partial charge in [-0.05, 0) is 44.4 Å². The number of hydrogen-bond donors (Lipinski definition) is 0. The van der Waals surface area contributed by atoms with E-state index < -0.39 is 0 Å². The fourth-order valence-electron chi connectivity index (χ4n) is 3.01. The van der Waals surface area contributed by atoms with Crippen molar-refractivity contribution in [3.8, 4) is 0 Å². The lowest BCUT2D eigenvalue weighted by Gasteiger charge is -2.33. The van der Waals surface area contributed by atoms with Gasteiger partial charge in [0, 0.05) is 23.3 Å². The average Bonchev–Trinajstić information content (AvgIpc) is 2.77. The Labute approximate surface area is 119 Å². The molecule has 1 fully saturated rings. The van der Waals surface area contributed by atoms with Crippen molar-refractivity contribution in [2.24, 2.45) is 0 Å². The number of para-hydroxylation sites is 1. The Kier molecular flexibility index (Phi) is 3.14. The van der Waals surface area contributed by atoms with Crippen molar-refractivity contribution in [2.45, 2.75) is 38.1 Å². The highest BCUT2D eigenvalue weighted by Gasteiger charge is 2.33. The summed E-state index contributed by atoms with van der Waals surface area (Å²) in [6.07, 6.45) is 2.45. The fraction of sp³-hybridized carbons (Fsp3) is 0.438. The van der Waals surface area contributed by atoms with Crippen molar-refractivity contribution >= 4 is 28.3 Å². The van der Waals surface area contributed by atoms with Gasteiger partial charge in [-0.2, -0.15) is 0 Å². The van der Waals surface area contributed by atoms with Crippen LogP contribution in [0.4, 0.5) is 5.82 Å². The van der Waals surface area contributed by atoms with Gasteiger partial charge in [0.15, 0.2) is 0 Å². The maximum atomic E-state index is 6.11. The van der Waals surface area contributed by atoms with Gasteiger partial charge in [0.05, 0.1) is 5.52 Å². The van der Waals surface area contributed by atoms with Crippen LogP contribution in [0.5, 0.6) is 0 Å². The van der Waals surface area contributed by atoms with Gasteiger partial charge in [-0.25, -0.2) is 4.98 Å². The zero-order valence-electron chi connectivity index (χ0n) is 11.5. The number of fused-ring (bicyclic) bond motifs is 1. The molecular formula is C16H19ClN2. The van der Waals surface area contributed by atoms with Gasteiger partial charge in [0.2, 0.25) is 0 Å². The summed E-state index contributed by atoms with van der Waals surface area (Å²) in [4.78, 5) is 7.24. The molecule has 0 N–H and O–H groups in total. The van der Waals surface area contributed by atoms with Crippen LogP contribution in [0.2, 0.25) is 0 Å². The van der Waals surface area contributed by atoms with Crippen LogP contribution >= 0.6 is 11.6 Å². The number of pyridine rings is 1. The molecule has 2 nitrogen and oxygen atoms in total. The van der Waals surface area contributed by atoms with E-state index in [2.05, 4.69) is 36.9 Å². The summed E-state index contributed by atoms with van der Waals surface area (Å²) < 4.78 is 0. The molecule has 2 heterocycles. The highest BCUT2D eigenvalue weighted by Crippen LogP contribution is 2.34. The Hall–Kier alpha value is -1.28.